The number of amides is 1. The van der Waals surface area contributed by atoms with E-state index in [2.05, 4.69) is 24.9 Å². The van der Waals surface area contributed by atoms with Crippen LogP contribution in [0, 0.1) is 5.92 Å². The van der Waals surface area contributed by atoms with Crippen molar-refractivity contribution in [3.8, 4) is 11.4 Å². The highest BCUT2D eigenvalue weighted by Crippen LogP contribution is 2.29. The molecule has 1 amide bonds. The topological polar surface area (TPSA) is 74.5 Å². The monoisotopic (exact) mass is 423 g/mol. The largest absolute Gasteiger partial charge is 0.471 e. The van der Waals surface area contributed by atoms with Crippen molar-refractivity contribution >= 4 is 5.91 Å². The third kappa shape index (κ3) is 4.81. The number of piperazine rings is 1. The molecule has 4 rings (SSSR count). The van der Waals surface area contributed by atoms with E-state index >= 15 is 0 Å². The van der Waals surface area contributed by atoms with Gasteiger partial charge in [0.2, 0.25) is 5.82 Å². The summed E-state index contributed by atoms with van der Waals surface area (Å²) < 4.78 is 42.3. The molecule has 0 bridgehead atoms. The van der Waals surface area contributed by atoms with Crippen LogP contribution in [0.2, 0.25) is 0 Å². The van der Waals surface area contributed by atoms with Crippen LogP contribution in [0.4, 0.5) is 13.2 Å². The number of hydrogen-bond donors (Lipinski definition) is 1. The number of nitrogens with one attached hydrogen (secondary N) is 1. The minimum atomic E-state index is -4.70. The molecule has 1 aromatic carbocycles. The van der Waals surface area contributed by atoms with Gasteiger partial charge in [-0.2, -0.15) is 18.2 Å². The summed E-state index contributed by atoms with van der Waals surface area (Å²) in [6.07, 6.45) is -2.32. The van der Waals surface area contributed by atoms with Crippen molar-refractivity contribution in [2.75, 3.05) is 45.8 Å². The number of hydrogen-bond acceptors (Lipinski definition) is 6. The summed E-state index contributed by atoms with van der Waals surface area (Å²) in [5, 5.41) is 6.76. The molecule has 10 heteroatoms. The average Bonchev–Trinajstić information content (AvgIpc) is 3.26. The van der Waals surface area contributed by atoms with Crippen molar-refractivity contribution in [1.82, 2.24) is 25.3 Å². The van der Waals surface area contributed by atoms with Crippen LogP contribution in [0.3, 0.4) is 0 Å². The number of rotatable bonds is 4. The van der Waals surface area contributed by atoms with E-state index in [9.17, 15) is 18.0 Å². The Balaban J connectivity index is 1.37. The van der Waals surface area contributed by atoms with Crippen LogP contribution in [0.15, 0.2) is 28.8 Å². The van der Waals surface area contributed by atoms with Gasteiger partial charge in [-0.05, 0) is 44.0 Å². The van der Waals surface area contributed by atoms with E-state index in [-0.39, 0.29) is 11.7 Å². The second-order valence-electron chi connectivity index (χ2n) is 7.79. The second kappa shape index (κ2) is 8.73. The standard InChI is InChI=1S/C20H24F3N5O2/c21-20(22,23)19-25-17(26-30-19)15-2-1-3-16(12-15)18(29)28-10-8-27(9-11-28)13-14-4-6-24-7-5-14/h1-3,12,14,24H,4-11,13H2. The summed E-state index contributed by atoms with van der Waals surface area (Å²) in [6.45, 7) is 6.14. The van der Waals surface area contributed by atoms with Crippen molar-refractivity contribution < 1.29 is 22.5 Å². The van der Waals surface area contributed by atoms with Crippen LogP contribution in [-0.4, -0.2) is 71.7 Å². The molecule has 30 heavy (non-hydrogen) atoms. The van der Waals surface area contributed by atoms with Crippen LogP contribution < -0.4 is 5.32 Å². The lowest BCUT2D eigenvalue weighted by Crippen LogP contribution is -2.50. The molecule has 2 aliphatic rings. The Kier molecular flexibility index (Phi) is 6.05. The van der Waals surface area contributed by atoms with Gasteiger partial charge in [-0.15, -0.1) is 0 Å². The molecule has 0 saturated carbocycles. The summed E-state index contributed by atoms with van der Waals surface area (Å²) in [4.78, 5) is 20.5. The Labute approximate surface area is 172 Å². The first-order valence-corrected chi connectivity index (χ1v) is 10.1. The minimum Gasteiger partial charge on any atom is -0.336 e. The van der Waals surface area contributed by atoms with Crippen molar-refractivity contribution in [3.05, 3.63) is 35.7 Å². The summed E-state index contributed by atoms with van der Waals surface area (Å²) in [5.74, 6) is -1.03. The SMILES string of the molecule is O=C(c1cccc(-c2noc(C(F)(F)F)n2)c1)N1CCN(CC2CCNCC2)CC1. The van der Waals surface area contributed by atoms with Crippen LogP contribution in [-0.2, 0) is 6.18 Å². The molecule has 3 heterocycles. The maximum absolute atomic E-state index is 12.9. The van der Waals surface area contributed by atoms with E-state index in [1.165, 1.54) is 18.9 Å². The van der Waals surface area contributed by atoms with Gasteiger partial charge in [0.1, 0.15) is 0 Å². The molecular weight excluding hydrogens is 399 g/mol. The maximum Gasteiger partial charge on any atom is 0.471 e. The molecule has 2 aromatic rings. The number of carbonyl (C=O) groups excluding carboxylic acids is 1. The molecule has 0 radical (unpaired) electrons. The average molecular weight is 423 g/mol. The van der Waals surface area contributed by atoms with Gasteiger partial charge in [0.15, 0.2) is 0 Å². The third-order valence-corrected chi connectivity index (χ3v) is 5.67. The Hall–Kier alpha value is -2.46. The molecule has 2 aliphatic heterocycles. The molecule has 2 fully saturated rings. The molecule has 1 aromatic heterocycles. The molecule has 162 valence electrons. The lowest BCUT2D eigenvalue weighted by Gasteiger charge is -2.37. The number of alkyl halides is 3. The highest BCUT2D eigenvalue weighted by Gasteiger charge is 2.38. The molecule has 2 saturated heterocycles. The van der Waals surface area contributed by atoms with E-state index < -0.39 is 12.1 Å². The number of benzene rings is 1. The number of piperidine rings is 1. The van der Waals surface area contributed by atoms with E-state index in [4.69, 9.17) is 0 Å². The molecule has 0 unspecified atom stereocenters. The van der Waals surface area contributed by atoms with Gasteiger partial charge < -0.3 is 14.7 Å². The third-order valence-electron chi connectivity index (χ3n) is 5.67. The molecule has 0 atom stereocenters. The molecule has 0 aliphatic carbocycles. The normalized spacial score (nSPS) is 19.2. The summed E-state index contributed by atoms with van der Waals surface area (Å²) >= 11 is 0. The molecule has 7 nitrogen and oxygen atoms in total. The van der Waals surface area contributed by atoms with Crippen molar-refractivity contribution in [1.29, 1.82) is 0 Å². The first-order valence-electron chi connectivity index (χ1n) is 10.1. The Morgan fingerprint density at radius 1 is 1.17 bits per heavy atom. The lowest BCUT2D eigenvalue weighted by atomic mass is 9.97. The maximum atomic E-state index is 12.9. The van der Waals surface area contributed by atoms with Crippen LogP contribution in [0.25, 0.3) is 11.4 Å². The van der Waals surface area contributed by atoms with Crippen LogP contribution >= 0.6 is 0 Å². The van der Waals surface area contributed by atoms with Crippen molar-refractivity contribution in [3.63, 3.8) is 0 Å². The number of nitrogens with zero attached hydrogens (tertiary/aromatic N) is 4. The van der Waals surface area contributed by atoms with E-state index in [1.54, 1.807) is 23.1 Å². The van der Waals surface area contributed by atoms with Gasteiger partial charge >= 0.3 is 12.1 Å². The predicted octanol–water partition coefficient (Wildman–Crippen LogP) is 2.51. The minimum absolute atomic E-state index is 0.141. The zero-order chi connectivity index (χ0) is 21.1. The fourth-order valence-electron chi connectivity index (χ4n) is 3.99. The number of halogens is 3. The summed E-state index contributed by atoms with van der Waals surface area (Å²) in [5.41, 5.74) is 0.710. The smallest absolute Gasteiger partial charge is 0.336 e. The fraction of sp³-hybridized carbons (Fsp3) is 0.550. The first-order chi connectivity index (χ1) is 14.4. The first kappa shape index (κ1) is 20.8. The van der Waals surface area contributed by atoms with Gasteiger partial charge in [-0.1, -0.05) is 17.3 Å². The van der Waals surface area contributed by atoms with E-state index in [1.807, 2.05) is 0 Å². The zero-order valence-electron chi connectivity index (χ0n) is 16.5. The highest BCUT2D eigenvalue weighted by molar-refractivity contribution is 5.95. The van der Waals surface area contributed by atoms with Crippen LogP contribution in [0.1, 0.15) is 29.1 Å². The summed E-state index contributed by atoms with van der Waals surface area (Å²) in [6, 6.07) is 6.32. The quantitative estimate of drug-likeness (QED) is 0.815. The van der Waals surface area contributed by atoms with Crippen molar-refractivity contribution in [2.24, 2.45) is 5.92 Å². The Morgan fingerprint density at radius 2 is 1.90 bits per heavy atom. The van der Waals surface area contributed by atoms with Crippen LogP contribution in [0.5, 0.6) is 0 Å². The highest BCUT2D eigenvalue weighted by atomic mass is 19.4. The van der Waals surface area contributed by atoms with Gasteiger partial charge in [0.25, 0.3) is 5.91 Å². The molecular formula is C20H24F3N5O2. The second-order valence-corrected chi connectivity index (χ2v) is 7.79. The predicted molar refractivity (Wildman–Crippen MR) is 103 cm³/mol. The lowest BCUT2D eigenvalue weighted by molar-refractivity contribution is -0.159. The van der Waals surface area contributed by atoms with Crippen molar-refractivity contribution in [2.45, 2.75) is 19.0 Å². The van der Waals surface area contributed by atoms with E-state index in [0.29, 0.717) is 30.1 Å². The fourth-order valence-corrected chi connectivity index (χ4v) is 3.99. The number of aromatic nitrogens is 2. The molecule has 0 spiro atoms. The zero-order valence-corrected chi connectivity index (χ0v) is 16.5. The number of carbonyl (C=O) groups is 1. The van der Waals surface area contributed by atoms with Gasteiger partial charge in [-0.25, -0.2) is 0 Å². The van der Waals surface area contributed by atoms with E-state index in [0.717, 1.165) is 32.7 Å². The Bertz CT molecular complexity index is 871. The Morgan fingerprint density at radius 3 is 2.57 bits per heavy atom. The molecule has 1 N–H and O–H groups in total. The van der Waals surface area contributed by atoms with Gasteiger partial charge in [0.05, 0.1) is 0 Å². The van der Waals surface area contributed by atoms with Gasteiger partial charge in [0, 0.05) is 43.9 Å². The van der Waals surface area contributed by atoms with Gasteiger partial charge in [-0.3, -0.25) is 9.69 Å². The summed E-state index contributed by atoms with van der Waals surface area (Å²) in [7, 11) is 0.